The molecule has 20 heavy (non-hydrogen) atoms. The van der Waals surface area contributed by atoms with E-state index in [0.29, 0.717) is 17.9 Å². The monoisotopic (exact) mass is 303 g/mol. The van der Waals surface area contributed by atoms with Crippen LogP contribution in [0.2, 0.25) is 0 Å². The van der Waals surface area contributed by atoms with Gasteiger partial charge in [-0.3, -0.25) is 9.20 Å². The van der Waals surface area contributed by atoms with Crippen molar-refractivity contribution in [3.63, 3.8) is 0 Å². The van der Waals surface area contributed by atoms with Crippen LogP contribution in [-0.4, -0.2) is 54.0 Å². The summed E-state index contributed by atoms with van der Waals surface area (Å²) in [5, 5.41) is 7.03. The Balaban J connectivity index is 2.35. The molecule has 0 aliphatic heterocycles. The fourth-order valence-corrected chi connectivity index (χ4v) is 3.87. The van der Waals surface area contributed by atoms with Crippen LogP contribution in [0.1, 0.15) is 39.5 Å². The lowest BCUT2D eigenvalue weighted by Crippen LogP contribution is -2.47. The molecule has 0 heterocycles. The number of aliphatic imine (C=N–C) groups is 1. The minimum atomic E-state index is -0.679. The van der Waals surface area contributed by atoms with Gasteiger partial charge in [0, 0.05) is 48.0 Å². The Morgan fingerprint density at radius 1 is 1.40 bits per heavy atom. The van der Waals surface area contributed by atoms with Crippen LogP contribution in [0.5, 0.6) is 0 Å². The van der Waals surface area contributed by atoms with E-state index in [4.69, 9.17) is 4.74 Å². The van der Waals surface area contributed by atoms with Crippen molar-refractivity contribution in [1.29, 1.82) is 0 Å². The van der Waals surface area contributed by atoms with Gasteiger partial charge in [0.15, 0.2) is 5.96 Å². The lowest BCUT2D eigenvalue weighted by Gasteiger charge is -2.30. The van der Waals surface area contributed by atoms with Crippen LogP contribution < -0.4 is 10.6 Å². The predicted octanol–water partition coefficient (Wildman–Crippen LogP) is 1.27. The zero-order valence-corrected chi connectivity index (χ0v) is 13.8. The minimum absolute atomic E-state index is 0.341. The summed E-state index contributed by atoms with van der Waals surface area (Å²) in [5.41, 5.74) is 0. The number of ether oxygens (including phenoxy) is 1. The first-order chi connectivity index (χ1) is 9.71. The van der Waals surface area contributed by atoms with E-state index in [1.54, 1.807) is 7.05 Å². The molecule has 0 aromatic heterocycles. The Morgan fingerprint density at radius 3 is 2.85 bits per heavy atom. The molecule has 1 saturated carbocycles. The smallest absolute Gasteiger partial charge is 0.191 e. The zero-order chi connectivity index (χ0) is 14.8. The molecule has 0 aromatic carbocycles. The highest BCUT2D eigenvalue weighted by Gasteiger charge is 2.25. The molecule has 1 rings (SSSR count). The van der Waals surface area contributed by atoms with E-state index in [1.165, 1.54) is 0 Å². The summed E-state index contributed by atoms with van der Waals surface area (Å²) in [5.74, 6) is 1.58. The molecule has 6 heteroatoms. The normalized spacial score (nSPS) is 25.2. The van der Waals surface area contributed by atoms with Gasteiger partial charge in [0.25, 0.3) is 0 Å². The molecule has 0 spiro atoms. The van der Waals surface area contributed by atoms with Crippen molar-refractivity contribution in [2.45, 2.75) is 50.8 Å². The van der Waals surface area contributed by atoms with Crippen molar-refractivity contribution in [2.24, 2.45) is 4.99 Å². The van der Waals surface area contributed by atoms with E-state index < -0.39 is 10.8 Å². The van der Waals surface area contributed by atoms with Gasteiger partial charge < -0.3 is 15.4 Å². The Morgan fingerprint density at radius 2 is 2.20 bits per heavy atom. The van der Waals surface area contributed by atoms with Crippen molar-refractivity contribution >= 4 is 16.8 Å². The lowest BCUT2D eigenvalue weighted by atomic mass is 9.95. The van der Waals surface area contributed by atoms with Crippen molar-refractivity contribution in [2.75, 3.05) is 32.6 Å². The fraction of sp³-hybridized carbons (Fsp3) is 0.929. The van der Waals surface area contributed by atoms with E-state index >= 15 is 0 Å². The highest BCUT2D eigenvalue weighted by Crippen LogP contribution is 2.22. The molecule has 3 unspecified atom stereocenters. The van der Waals surface area contributed by atoms with Crippen molar-refractivity contribution < 1.29 is 8.95 Å². The third kappa shape index (κ3) is 6.22. The molecule has 0 aromatic rings. The topological polar surface area (TPSA) is 62.7 Å². The fourth-order valence-electron chi connectivity index (χ4n) is 2.52. The third-order valence-corrected chi connectivity index (χ3v) is 5.33. The lowest BCUT2D eigenvalue weighted by molar-refractivity contribution is 0.152. The second-order valence-corrected chi connectivity index (χ2v) is 7.00. The molecule has 1 aliphatic rings. The molecule has 1 aliphatic carbocycles. The van der Waals surface area contributed by atoms with Gasteiger partial charge in [-0.2, -0.15) is 0 Å². The largest absolute Gasteiger partial charge is 0.380 e. The second-order valence-electron chi connectivity index (χ2n) is 5.00. The highest BCUT2D eigenvalue weighted by molar-refractivity contribution is 7.85. The molecule has 1 fully saturated rings. The number of rotatable bonds is 7. The zero-order valence-electron chi connectivity index (χ0n) is 13.0. The SMILES string of the molecule is CCOCCNC(=NC)NC1CCCC(S(=O)CC)C1. The van der Waals surface area contributed by atoms with E-state index in [-0.39, 0.29) is 0 Å². The van der Waals surface area contributed by atoms with Gasteiger partial charge in [-0.05, 0) is 26.2 Å². The summed E-state index contributed by atoms with van der Waals surface area (Å²) in [6.07, 6.45) is 4.34. The van der Waals surface area contributed by atoms with Gasteiger partial charge in [0.1, 0.15) is 0 Å². The van der Waals surface area contributed by atoms with E-state index in [9.17, 15) is 4.21 Å². The van der Waals surface area contributed by atoms with E-state index in [2.05, 4.69) is 15.6 Å². The van der Waals surface area contributed by atoms with Crippen LogP contribution in [0.25, 0.3) is 0 Å². The molecule has 2 N–H and O–H groups in total. The summed E-state index contributed by atoms with van der Waals surface area (Å²) in [4.78, 5) is 4.23. The first-order valence-electron chi connectivity index (χ1n) is 7.63. The van der Waals surface area contributed by atoms with Crippen LogP contribution in [-0.2, 0) is 15.5 Å². The molecular formula is C14H29N3O2S. The summed E-state index contributed by atoms with van der Waals surface area (Å²) in [6, 6.07) is 0.377. The highest BCUT2D eigenvalue weighted by atomic mass is 32.2. The average molecular weight is 303 g/mol. The van der Waals surface area contributed by atoms with Gasteiger partial charge in [0.05, 0.1) is 6.61 Å². The van der Waals surface area contributed by atoms with Crippen LogP contribution in [0, 0.1) is 0 Å². The molecule has 3 atom stereocenters. The maximum absolute atomic E-state index is 11.9. The Labute approximate surface area is 125 Å². The van der Waals surface area contributed by atoms with Crippen LogP contribution >= 0.6 is 0 Å². The van der Waals surface area contributed by atoms with Crippen molar-refractivity contribution in [3.05, 3.63) is 0 Å². The first kappa shape index (κ1) is 17.4. The Bertz CT molecular complexity index is 324. The number of hydrogen-bond donors (Lipinski definition) is 2. The van der Waals surface area contributed by atoms with Gasteiger partial charge >= 0.3 is 0 Å². The number of guanidine groups is 1. The maximum Gasteiger partial charge on any atom is 0.191 e. The van der Waals surface area contributed by atoms with E-state index in [1.807, 2.05) is 13.8 Å². The molecule has 0 amide bonds. The quantitative estimate of drug-likeness (QED) is 0.422. The Hall–Kier alpha value is -0.620. The molecule has 5 nitrogen and oxygen atoms in total. The summed E-state index contributed by atoms with van der Waals surface area (Å²) < 4.78 is 17.2. The third-order valence-electron chi connectivity index (χ3n) is 3.59. The minimum Gasteiger partial charge on any atom is -0.380 e. The first-order valence-corrected chi connectivity index (χ1v) is 9.01. The molecule has 0 saturated heterocycles. The van der Waals surface area contributed by atoms with Crippen LogP contribution in [0.4, 0.5) is 0 Å². The predicted molar refractivity (Wildman–Crippen MR) is 85.7 cm³/mol. The Kier molecular flexibility index (Phi) is 8.85. The molecular weight excluding hydrogens is 274 g/mol. The van der Waals surface area contributed by atoms with Gasteiger partial charge in [0.2, 0.25) is 0 Å². The number of nitrogens with one attached hydrogen (secondary N) is 2. The average Bonchev–Trinajstić information content (AvgIpc) is 2.49. The van der Waals surface area contributed by atoms with Crippen molar-refractivity contribution in [1.82, 2.24) is 10.6 Å². The van der Waals surface area contributed by atoms with Crippen LogP contribution in [0.3, 0.4) is 0 Å². The van der Waals surface area contributed by atoms with Gasteiger partial charge in [-0.25, -0.2) is 0 Å². The summed E-state index contributed by atoms with van der Waals surface area (Å²) in [6.45, 7) is 6.17. The maximum atomic E-state index is 11.9. The summed E-state index contributed by atoms with van der Waals surface area (Å²) in [7, 11) is 1.10. The van der Waals surface area contributed by atoms with Crippen LogP contribution in [0.15, 0.2) is 4.99 Å². The number of nitrogens with zero attached hydrogens (tertiary/aromatic N) is 1. The standard InChI is InChI=1S/C14H29N3O2S/c1-4-19-10-9-16-14(15-3)17-12-7-6-8-13(11-12)20(18)5-2/h12-13H,4-11H2,1-3H3,(H2,15,16,17). The van der Waals surface area contributed by atoms with Gasteiger partial charge in [-0.1, -0.05) is 13.3 Å². The molecule has 0 radical (unpaired) electrons. The number of hydrogen-bond acceptors (Lipinski definition) is 3. The van der Waals surface area contributed by atoms with Gasteiger partial charge in [-0.15, -0.1) is 0 Å². The second kappa shape index (κ2) is 10.2. The van der Waals surface area contributed by atoms with Crippen molar-refractivity contribution in [3.8, 4) is 0 Å². The molecule has 0 bridgehead atoms. The summed E-state index contributed by atoms with van der Waals surface area (Å²) >= 11 is 0. The van der Waals surface area contributed by atoms with E-state index in [0.717, 1.165) is 50.5 Å². The molecule has 118 valence electrons.